The first-order valence-corrected chi connectivity index (χ1v) is 10.6. The number of hydrogen-bond donors (Lipinski definition) is 1. The van der Waals surface area contributed by atoms with Crippen molar-refractivity contribution in [1.29, 1.82) is 0 Å². The van der Waals surface area contributed by atoms with Gasteiger partial charge in [0.15, 0.2) is 0 Å². The van der Waals surface area contributed by atoms with Crippen LogP contribution in [0, 0.1) is 5.92 Å². The van der Waals surface area contributed by atoms with Crippen molar-refractivity contribution in [2.75, 3.05) is 34.8 Å². The fourth-order valence-electron chi connectivity index (χ4n) is 4.61. The Kier molecular flexibility index (Phi) is 4.87. The van der Waals surface area contributed by atoms with Gasteiger partial charge in [0.25, 0.3) is 0 Å². The lowest BCUT2D eigenvalue weighted by Crippen LogP contribution is -2.29. The smallest absolute Gasteiger partial charge is 0.229 e. The Balaban J connectivity index is 1.36. The Labute approximate surface area is 176 Å². The first-order valence-electron chi connectivity index (χ1n) is 10.6. The van der Waals surface area contributed by atoms with Crippen molar-refractivity contribution in [3.63, 3.8) is 0 Å². The summed E-state index contributed by atoms with van der Waals surface area (Å²) in [4.78, 5) is 29.9. The lowest BCUT2D eigenvalue weighted by molar-refractivity contribution is -0.122. The summed E-state index contributed by atoms with van der Waals surface area (Å²) in [6.07, 6.45) is 2.60. The number of hydrogen-bond acceptors (Lipinski definition) is 3. The molecule has 5 heteroatoms. The molecule has 0 unspecified atom stereocenters. The summed E-state index contributed by atoms with van der Waals surface area (Å²) in [6.45, 7) is 2.44. The molecule has 1 N–H and O–H groups in total. The quantitative estimate of drug-likeness (QED) is 0.706. The highest BCUT2D eigenvalue weighted by molar-refractivity contribution is 6.08. The van der Waals surface area contributed by atoms with E-state index >= 15 is 0 Å². The van der Waals surface area contributed by atoms with Gasteiger partial charge >= 0.3 is 0 Å². The van der Waals surface area contributed by atoms with Crippen molar-refractivity contribution < 1.29 is 9.59 Å². The van der Waals surface area contributed by atoms with Crippen LogP contribution in [0.3, 0.4) is 0 Å². The molecule has 3 aromatic rings. The van der Waals surface area contributed by atoms with E-state index in [1.54, 1.807) is 4.90 Å². The molecule has 0 saturated carbocycles. The Bertz CT molecular complexity index is 1100. The van der Waals surface area contributed by atoms with Gasteiger partial charge < -0.3 is 15.1 Å². The first-order chi connectivity index (χ1) is 14.7. The number of benzene rings is 3. The highest BCUT2D eigenvalue weighted by Gasteiger charge is 2.36. The molecule has 0 aromatic heterocycles. The van der Waals surface area contributed by atoms with Gasteiger partial charge in [-0.15, -0.1) is 0 Å². The Morgan fingerprint density at radius 3 is 2.43 bits per heavy atom. The van der Waals surface area contributed by atoms with E-state index in [1.165, 1.54) is 12.8 Å². The molecule has 3 aromatic carbocycles. The van der Waals surface area contributed by atoms with Gasteiger partial charge in [-0.05, 0) is 36.4 Å². The summed E-state index contributed by atoms with van der Waals surface area (Å²) in [6, 6.07) is 22.0. The van der Waals surface area contributed by atoms with Crippen LogP contribution in [0.15, 0.2) is 66.7 Å². The molecule has 5 rings (SSSR count). The number of carbonyl (C=O) groups is 2. The minimum atomic E-state index is -0.358. The number of nitrogens with zero attached hydrogens (tertiary/aromatic N) is 2. The summed E-state index contributed by atoms with van der Waals surface area (Å²) in [5.41, 5.74) is 2.78. The molecular weight excluding hydrogens is 374 g/mol. The van der Waals surface area contributed by atoms with Crippen LogP contribution in [-0.2, 0) is 9.59 Å². The van der Waals surface area contributed by atoms with Crippen LogP contribution in [0.2, 0.25) is 0 Å². The number of anilines is 3. The summed E-state index contributed by atoms with van der Waals surface area (Å²) in [5.74, 6) is -0.444. The van der Waals surface area contributed by atoms with E-state index in [0.29, 0.717) is 6.54 Å². The highest BCUT2D eigenvalue weighted by Crippen LogP contribution is 2.33. The summed E-state index contributed by atoms with van der Waals surface area (Å²) >= 11 is 0. The van der Waals surface area contributed by atoms with Gasteiger partial charge in [0.1, 0.15) is 0 Å². The number of para-hydroxylation sites is 2. The molecule has 5 nitrogen and oxygen atoms in total. The van der Waals surface area contributed by atoms with E-state index in [1.807, 2.05) is 60.7 Å². The van der Waals surface area contributed by atoms with Gasteiger partial charge in [-0.1, -0.05) is 48.5 Å². The zero-order chi connectivity index (χ0) is 20.5. The maximum Gasteiger partial charge on any atom is 0.229 e. The molecule has 2 fully saturated rings. The molecular formula is C25H25N3O2. The molecule has 30 heavy (non-hydrogen) atoms. The first kappa shape index (κ1) is 18.7. The zero-order valence-corrected chi connectivity index (χ0v) is 16.9. The molecule has 2 heterocycles. The third-order valence-corrected chi connectivity index (χ3v) is 6.16. The molecule has 152 valence electrons. The van der Waals surface area contributed by atoms with Crippen LogP contribution in [-0.4, -0.2) is 31.4 Å². The van der Waals surface area contributed by atoms with Crippen LogP contribution in [0.25, 0.3) is 10.8 Å². The van der Waals surface area contributed by atoms with Crippen LogP contribution in [0.4, 0.5) is 17.1 Å². The lowest BCUT2D eigenvalue weighted by atomic mass is 10.1. The monoisotopic (exact) mass is 399 g/mol. The second-order valence-corrected chi connectivity index (χ2v) is 8.10. The van der Waals surface area contributed by atoms with Crippen molar-refractivity contribution in [3.8, 4) is 0 Å². The molecule has 2 aliphatic rings. The molecule has 2 saturated heterocycles. The second kappa shape index (κ2) is 7.82. The van der Waals surface area contributed by atoms with Crippen molar-refractivity contribution in [2.45, 2.75) is 19.3 Å². The minimum Gasteiger partial charge on any atom is -0.370 e. The zero-order valence-electron chi connectivity index (χ0n) is 16.9. The van der Waals surface area contributed by atoms with Gasteiger partial charge in [-0.25, -0.2) is 0 Å². The summed E-state index contributed by atoms with van der Waals surface area (Å²) in [5, 5.41) is 5.23. The number of nitrogens with one attached hydrogen (secondary N) is 1. The SMILES string of the molecule is O=C(Nc1ccccc1N1CCCC1)[C@H]1CC(=O)N(c2cccc3ccccc23)C1. The molecule has 0 aliphatic carbocycles. The molecule has 0 spiro atoms. The van der Waals surface area contributed by atoms with E-state index in [-0.39, 0.29) is 24.2 Å². The largest absolute Gasteiger partial charge is 0.370 e. The molecule has 2 aliphatic heterocycles. The van der Waals surface area contributed by atoms with E-state index in [4.69, 9.17) is 0 Å². The highest BCUT2D eigenvalue weighted by atomic mass is 16.2. The maximum absolute atomic E-state index is 13.1. The maximum atomic E-state index is 13.1. The molecule has 2 amide bonds. The average molecular weight is 399 g/mol. The average Bonchev–Trinajstić information content (AvgIpc) is 3.44. The Morgan fingerprint density at radius 2 is 1.57 bits per heavy atom. The van der Waals surface area contributed by atoms with E-state index in [0.717, 1.165) is 40.9 Å². The van der Waals surface area contributed by atoms with Gasteiger partial charge in [0.2, 0.25) is 11.8 Å². The van der Waals surface area contributed by atoms with E-state index in [2.05, 4.69) is 16.3 Å². The topological polar surface area (TPSA) is 52.7 Å². The summed E-state index contributed by atoms with van der Waals surface area (Å²) < 4.78 is 0. The van der Waals surface area contributed by atoms with Gasteiger partial charge in [0.05, 0.1) is 23.0 Å². The minimum absolute atomic E-state index is 0.000619. The Morgan fingerprint density at radius 1 is 0.867 bits per heavy atom. The van der Waals surface area contributed by atoms with Crippen LogP contribution in [0.5, 0.6) is 0 Å². The van der Waals surface area contributed by atoms with Crippen LogP contribution >= 0.6 is 0 Å². The van der Waals surface area contributed by atoms with Crippen LogP contribution < -0.4 is 15.1 Å². The molecule has 1 atom stereocenters. The van der Waals surface area contributed by atoms with Crippen LogP contribution in [0.1, 0.15) is 19.3 Å². The third-order valence-electron chi connectivity index (χ3n) is 6.16. The van der Waals surface area contributed by atoms with Crippen molar-refractivity contribution in [1.82, 2.24) is 0 Å². The number of rotatable bonds is 4. The van der Waals surface area contributed by atoms with Gasteiger partial charge in [-0.2, -0.15) is 0 Å². The number of fused-ring (bicyclic) bond motifs is 1. The normalized spacial score (nSPS) is 18.9. The standard InChI is InChI=1S/C25H25N3O2/c29-24-16-19(17-28(24)22-13-7-9-18-8-1-2-10-20(18)22)25(30)26-21-11-3-4-12-23(21)27-14-5-6-15-27/h1-4,7-13,19H,5-6,14-17H2,(H,26,30)/t19-/m0/s1. The fraction of sp³-hybridized carbons (Fsp3) is 0.280. The van der Waals surface area contributed by atoms with E-state index < -0.39 is 0 Å². The van der Waals surface area contributed by atoms with Crippen molar-refractivity contribution in [3.05, 3.63) is 66.7 Å². The third kappa shape index (κ3) is 3.41. The molecule has 0 radical (unpaired) electrons. The van der Waals surface area contributed by atoms with Crippen molar-refractivity contribution >= 4 is 39.6 Å². The van der Waals surface area contributed by atoms with E-state index in [9.17, 15) is 9.59 Å². The fourth-order valence-corrected chi connectivity index (χ4v) is 4.61. The van der Waals surface area contributed by atoms with Gasteiger partial charge in [-0.3, -0.25) is 9.59 Å². The number of amides is 2. The number of carbonyl (C=O) groups excluding carboxylic acids is 2. The predicted molar refractivity (Wildman–Crippen MR) is 121 cm³/mol. The van der Waals surface area contributed by atoms with Crippen molar-refractivity contribution in [2.24, 2.45) is 5.92 Å². The summed E-state index contributed by atoms with van der Waals surface area (Å²) in [7, 11) is 0. The predicted octanol–water partition coefficient (Wildman–Crippen LogP) is 4.43. The molecule has 0 bridgehead atoms. The lowest BCUT2D eigenvalue weighted by Gasteiger charge is -2.22. The Hall–Kier alpha value is -3.34. The second-order valence-electron chi connectivity index (χ2n) is 8.10. The van der Waals surface area contributed by atoms with Gasteiger partial charge in [0, 0.05) is 31.4 Å².